The second kappa shape index (κ2) is 7.34. The fraction of sp³-hybridized carbons (Fsp3) is 0.286. The van der Waals surface area contributed by atoms with E-state index in [9.17, 15) is 4.79 Å². The Hall–Kier alpha value is -3.35. The summed E-state index contributed by atoms with van der Waals surface area (Å²) in [6, 6.07) is 11.4. The lowest BCUT2D eigenvalue weighted by molar-refractivity contribution is 0.213. The van der Waals surface area contributed by atoms with E-state index in [4.69, 9.17) is 14.2 Å². The highest BCUT2D eigenvalue weighted by molar-refractivity contribution is 5.91. The van der Waals surface area contributed by atoms with Crippen LogP contribution in [0.5, 0.6) is 17.2 Å². The number of ether oxygens (including phenoxy) is 3. The van der Waals surface area contributed by atoms with Crippen LogP contribution in [0.2, 0.25) is 0 Å². The van der Waals surface area contributed by atoms with Gasteiger partial charge in [0, 0.05) is 12.1 Å². The van der Waals surface area contributed by atoms with Crippen molar-refractivity contribution in [1.29, 1.82) is 0 Å². The zero-order valence-electron chi connectivity index (χ0n) is 16.1. The zero-order valence-corrected chi connectivity index (χ0v) is 16.1. The molecule has 0 saturated carbocycles. The summed E-state index contributed by atoms with van der Waals surface area (Å²) in [5.74, 6) is 2.10. The number of para-hydroxylation sites is 1. The first kappa shape index (κ1) is 18.0. The number of methoxy groups -OCH3 is 3. The third-order valence-corrected chi connectivity index (χ3v) is 5.06. The molecule has 7 heteroatoms. The van der Waals surface area contributed by atoms with Crippen molar-refractivity contribution in [3.8, 4) is 17.2 Å². The van der Waals surface area contributed by atoms with Gasteiger partial charge in [0.25, 0.3) is 0 Å². The fourth-order valence-corrected chi connectivity index (χ4v) is 3.68. The molecule has 2 amide bonds. The number of carbonyl (C=O) groups is 1. The maximum atomic E-state index is 12.7. The molecule has 0 aromatic heterocycles. The molecule has 146 valence electrons. The number of hydrogen-bond acceptors (Lipinski definition) is 5. The highest BCUT2D eigenvalue weighted by Crippen LogP contribution is 2.37. The molecular formula is C21H23N3O4. The number of hydrogen-bond donors (Lipinski definition) is 2. The number of rotatable bonds is 5. The van der Waals surface area contributed by atoms with Gasteiger partial charge in [-0.05, 0) is 48.4 Å². The van der Waals surface area contributed by atoms with Crippen LogP contribution in [-0.4, -0.2) is 45.0 Å². The largest absolute Gasteiger partial charge is 0.497 e. The predicted molar refractivity (Wildman–Crippen MR) is 107 cm³/mol. The van der Waals surface area contributed by atoms with E-state index >= 15 is 0 Å². The molecule has 1 unspecified atom stereocenters. The van der Waals surface area contributed by atoms with Crippen LogP contribution in [0.15, 0.2) is 42.5 Å². The first-order valence-electron chi connectivity index (χ1n) is 9.09. The van der Waals surface area contributed by atoms with E-state index in [0.717, 1.165) is 23.4 Å². The first-order valence-corrected chi connectivity index (χ1v) is 9.09. The van der Waals surface area contributed by atoms with Crippen LogP contribution >= 0.6 is 0 Å². The van der Waals surface area contributed by atoms with Gasteiger partial charge in [0.15, 0.2) is 0 Å². The van der Waals surface area contributed by atoms with Crippen molar-refractivity contribution in [1.82, 2.24) is 10.2 Å². The Morgan fingerprint density at radius 1 is 1.07 bits per heavy atom. The number of benzene rings is 2. The molecule has 7 nitrogen and oxygen atoms in total. The Bertz CT molecular complexity index is 919. The van der Waals surface area contributed by atoms with Gasteiger partial charge in [0.2, 0.25) is 0 Å². The van der Waals surface area contributed by atoms with Gasteiger partial charge in [-0.2, -0.15) is 0 Å². The summed E-state index contributed by atoms with van der Waals surface area (Å²) in [7, 11) is 4.86. The van der Waals surface area contributed by atoms with Gasteiger partial charge >= 0.3 is 6.03 Å². The minimum absolute atomic E-state index is 0.134. The molecule has 28 heavy (non-hydrogen) atoms. The van der Waals surface area contributed by atoms with Crippen LogP contribution in [0, 0.1) is 0 Å². The second-order valence-corrected chi connectivity index (χ2v) is 6.59. The van der Waals surface area contributed by atoms with Crippen molar-refractivity contribution in [3.63, 3.8) is 0 Å². The maximum absolute atomic E-state index is 12.7. The highest BCUT2D eigenvalue weighted by atomic mass is 16.5. The van der Waals surface area contributed by atoms with E-state index in [2.05, 4.69) is 10.6 Å². The van der Waals surface area contributed by atoms with Crippen molar-refractivity contribution < 1.29 is 19.0 Å². The molecule has 2 aromatic carbocycles. The molecule has 2 heterocycles. The lowest BCUT2D eigenvalue weighted by Gasteiger charge is -2.37. The van der Waals surface area contributed by atoms with E-state index in [-0.39, 0.29) is 6.03 Å². The monoisotopic (exact) mass is 381 g/mol. The van der Waals surface area contributed by atoms with Gasteiger partial charge in [0.05, 0.1) is 27.0 Å². The van der Waals surface area contributed by atoms with Crippen LogP contribution in [-0.2, 0) is 6.42 Å². The quantitative estimate of drug-likeness (QED) is 0.833. The Labute approximate surface area is 163 Å². The van der Waals surface area contributed by atoms with Crippen LogP contribution in [0.4, 0.5) is 10.5 Å². The maximum Gasteiger partial charge on any atom is 0.323 e. The van der Waals surface area contributed by atoms with Crippen molar-refractivity contribution >= 4 is 17.4 Å². The summed E-state index contributed by atoms with van der Waals surface area (Å²) in [4.78, 5) is 14.5. The molecule has 0 spiro atoms. The molecule has 2 N–H and O–H groups in total. The summed E-state index contributed by atoms with van der Waals surface area (Å²) < 4.78 is 16.2. The number of urea groups is 1. The summed E-state index contributed by atoms with van der Waals surface area (Å²) in [6.07, 6.45) is 2.39. The molecule has 1 atom stereocenters. The van der Waals surface area contributed by atoms with Gasteiger partial charge in [-0.3, -0.25) is 4.90 Å². The molecule has 4 rings (SSSR count). The van der Waals surface area contributed by atoms with E-state index in [1.807, 2.05) is 42.5 Å². The number of amides is 2. The third-order valence-electron chi connectivity index (χ3n) is 5.06. The van der Waals surface area contributed by atoms with Crippen LogP contribution in [0.1, 0.15) is 11.1 Å². The van der Waals surface area contributed by atoms with Crippen molar-refractivity contribution in [3.05, 3.63) is 53.6 Å². The number of nitrogens with one attached hydrogen (secondary N) is 2. The molecule has 0 bridgehead atoms. The lowest BCUT2D eigenvalue weighted by Crippen LogP contribution is -2.52. The third kappa shape index (κ3) is 3.09. The summed E-state index contributed by atoms with van der Waals surface area (Å²) in [5, 5.41) is 6.31. The molecule has 0 saturated heterocycles. The zero-order chi connectivity index (χ0) is 19.7. The van der Waals surface area contributed by atoms with Gasteiger partial charge < -0.3 is 24.8 Å². The average molecular weight is 381 g/mol. The summed E-state index contributed by atoms with van der Waals surface area (Å²) >= 11 is 0. The normalized spacial score (nSPS) is 17.7. The number of fused-ring (bicyclic) bond motifs is 3. The topological polar surface area (TPSA) is 72.1 Å². The van der Waals surface area contributed by atoms with Crippen LogP contribution in [0.3, 0.4) is 0 Å². The smallest absolute Gasteiger partial charge is 0.323 e. The minimum Gasteiger partial charge on any atom is -0.497 e. The molecule has 2 aliphatic rings. The molecule has 0 radical (unpaired) electrons. The molecule has 2 aromatic rings. The predicted octanol–water partition coefficient (Wildman–Crippen LogP) is 3.07. The summed E-state index contributed by atoms with van der Waals surface area (Å²) in [5.41, 5.74) is 3.79. The first-order chi connectivity index (χ1) is 13.6. The fourth-order valence-electron chi connectivity index (χ4n) is 3.68. The van der Waals surface area contributed by atoms with Crippen LogP contribution < -0.4 is 24.8 Å². The van der Waals surface area contributed by atoms with E-state index in [1.165, 1.54) is 5.56 Å². The van der Waals surface area contributed by atoms with E-state index in [0.29, 0.717) is 23.7 Å². The average Bonchev–Trinajstić information content (AvgIpc) is 2.73. The second-order valence-electron chi connectivity index (χ2n) is 6.59. The van der Waals surface area contributed by atoms with Crippen molar-refractivity contribution in [2.24, 2.45) is 0 Å². The molecule has 2 aliphatic heterocycles. The Morgan fingerprint density at radius 3 is 2.50 bits per heavy atom. The lowest BCUT2D eigenvalue weighted by atomic mass is 9.95. The van der Waals surface area contributed by atoms with Gasteiger partial charge in [0.1, 0.15) is 29.1 Å². The Kier molecular flexibility index (Phi) is 4.73. The van der Waals surface area contributed by atoms with E-state index < -0.39 is 6.17 Å². The standard InChI is InChI=1S/C21H23N3O4/c1-26-14-7-8-15-13(11-14)9-10-24-16(15)12-19(23-21(24)25)22-20-17(27-2)5-4-6-18(20)28-3/h4-8,11-12,19,22H,9-10H2,1-3H3,(H,23,25). The molecular weight excluding hydrogens is 358 g/mol. The van der Waals surface area contributed by atoms with Gasteiger partial charge in [-0.1, -0.05) is 6.07 Å². The highest BCUT2D eigenvalue weighted by Gasteiger charge is 2.32. The summed E-state index contributed by atoms with van der Waals surface area (Å²) in [6.45, 7) is 0.628. The number of anilines is 1. The van der Waals surface area contributed by atoms with Gasteiger partial charge in [-0.25, -0.2) is 4.79 Å². The van der Waals surface area contributed by atoms with E-state index in [1.54, 1.807) is 26.2 Å². The number of nitrogens with zero attached hydrogens (tertiary/aromatic N) is 1. The number of carbonyl (C=O) groups excluding carboxylic acids is 1. The van der Waals surface area contributed by atoms with Crippen molar-refractivity contribution in [2.45, 2.75) is 12.6 Å². The van der Waals surface area contributed by atoms with Crippen molar-refractivity contribution in [2.75, 3.05) is 33.2 Å². The Balaban J connectivity index is 1.71. The molecule has 0 fully saturated rings. The SMILES string of the molecule is COc1ccc2c(c1)CCN1C(=O)NC(Nc3c(OC)cccc3OC)C=C21. The van der Waals surface area contributed by atoms with Crippen LogP contribution in [0.25, 0.3) is 5.70 Å². The molecule has 0 aliphatic carbocycles. The minimum atomic E-state index is -0.406. The van der Waals surface area contributed by atoms with Gasteiger partial charge in [-0.15, -0.1) is 0 Å². The Morgan fingerprint density at radius 2 is 1.82 bits per heavy atom.